The second-order valence-corrected chi connectivity index (χ2v) is 11.0. The SMILES string of the molecule is CC1=CC=C(C2=CC=C(C3=c4ccccc4=C(c4cccc5c(C)cccc45)C4C=CC=CC34)CC2)NC1. The largest absolute Gasteiger partial charge is 0.381 e. The Morgan fingerprint density at radius 3 is 2.05 bits per heavy atom. The molecule has 1 aliphatic heterocycles. The average molecular weight is 492 g/mol. The van der Waals surface area contributed by atoms with Gasteiger partial charge in [-0.1, -0.05) is 109 Å². The van der Waals surface area contributed by atoms with Crippen LogP contribution >= 0.6 is 0 Å². The van der Waals surface area contributed by atoms with Crippen LogP contribution in [0.2, 0.25) is 0 Å². The molecule has 3 aliphatic carbocycles. The summed E-state index contributed by atoms with van der Waals surface area (Å²) in [5.41, 5.74) is 11.2. The molecule has 38 heavy (non-hydrogen) atoms. The summed E-state index contributed by atoms with van der Waals surface area (Å²) in [6.45, 7) is 5.34. The van der Waals surface area contributed by atoms with Crippen LogP contribution in [0.4, 0.5) is 0 Å². The van der Waals surface area contributed by atoms with E-state index in [0.29, 0.717) is 11.8 Å². The lowest BCUT2D eigenvalue weighted by atomic mass is 9.68. The van der Waals surface area contributed by atoms with E-state index in [-0.39, 0.29) is 0 Å². The second-order valence-electron chi connectivity index (χ2n) is 11.0. The molecule has 0 amide bonds. The van der Waals surface area contributed by atoms with Crippen LogP contribution in [0, 0.1) is 18.8 Å². The van der Waals surface area contributed by atoms with Gasteiger partial charge in [0.1, 0.15) is 0 Å². The molecule has 0 fully saturated rings. The maximum atomic E-state index is 3.60. The highest BCUT2D eigenvalue weighted by Crippen LogP contribution is 2.43. The van der Waals surface area contributed by atoms with Gasteiger partial charge in [-0.3, -0.25) is 0 Å². The van der Waals surface area contributed by atoms with Crippen molar-refractivity contribution < 1.29 is 0 Å². The van der Waals surface area contributed by atoms with Gasteiger partial charge in [0.05, 0.1) is 0 Å². The molecule has 1 N–H and O–H groups in total. The third-order valence-corrected chi connectivity index (χ3v) is 8.67. The predicted octanol–water partition coefficient (Wildman–Crippen LogP) is 6.95. The number of aryl methyl sites for hydroxylation is 1. The number of fused-ring (bicyclic) bond motifs is 3. The molecule has 0 spiro atoms. The normalized spacial score (nSPS) is 22.2. The molecule has 2 atom stereocenters. The Morgan fingerprint density at radius 1 is 0.632 bits per heavy atom. The van der Waals surface area contributed by atoms with Gasteiger partial charge in [0.15, 0.2) is 0 Å². The lowest BCUT2D eigenvalue weighted by Gasteiger charge is -2.35. The lowest BCUT2D eigenvalue weighted by Crippen LogP contribution is -2.40. The van der Waals surface area contributed by atoms with Gasteiger partial charge in [0, 0.05) is 24.1 Å². The molecule has 2 unspecified atom stereocenters. The molecule has 1 heteroatoms. The Hall–Kier alpha value is -4.10. The van der Waals surface area contributed by atoms with Crippen LogP contribution in [-0.2, 0) is 0 Å². The van der Waals surface area contributed by atoms with Crippen molar-refractivity contribution in [1.29, 1.82) is 0 Å². The van der Waals surface area contributed by atoms with Crippen LogP contribution in [0.5, 0.6) is 0 Å². The number of hydrogen-bond acceptors (Lipinski definition) is 1. The molecule has 1 heterocycles. The van der Waals surface area contributed by atoms with Crippen LogP contribution in [-0.4, -0.2) is 6.54 Å². The number of dihydropyridines is 1. The summed E-state index contributed by atoms with van der Waals surface area (Å²) in [7, 11) is 0. The third kappa shape index (κ3) is 3.77. The van der Waals surface area contributed by atoms with Crippen LogP contribution < -0.4 is 15.8 Å². The summed E-state index contributed by atoms with van der Waals surface area (Å²) in [5.74, 6) is 0.655. The maximum Gasteiger partial charge on any atom is 0.0375 e. The van der Waals surface area contributed by atoms with Gasteiger partial charge < -0.3 is 5.32 Å². The first-order valence-corrected chi connectivity index (χ1v) is 13.9. The molecular formula is C37H33N. The Bertz CT molecular complexity index is 1780. The number of nitrogens with one attached hydrogen (secondary N) is 1. The molecule has 0 saturated carbocycles. The van der Waals surface area contributed by atoms with Gasteiger partial charge in [0.2, 0.25) is 0 Å². The molecule has 3 aromatic carbocycles. The first-order chi connectivity index (χ1) is 18.7. The van der Waals surface area contributed by atoms with Gasteiger partial charge in [0.25, 0.3) is 0 Å². The zero-order valence-corrected chi connectivity index (χ0v) is 22.2. The Morgan fingerprint density at radius 2 is 1.32 bits per heavy atom. The van der Waals surface area contributed by atoms with Crippen LogP contribution in [0.15, 0.2) is 132 Å². The summed E-state index contributed by atoms with van der Waals surface area (Å²) < 4.78 is 0. The van der Waals surface area contributed by atoms with Crippen molar-refractivity contribution in [2.75, 3.05) is 6.54 Å². The van der Waals surface area contributed by atoms with E-state index >= 15 is 0 Å². The molecular weight excluding hydrogens is 458 g/mol. The topological polar surface area (TPSA) is 12.0 Å². The van der Waals surface area contributed by atoms with Gasteiger partial charge >= 0.3 is 0 Å². The molecule has 7 rings (SSSR count). The fraction of sp³-hybridized carbons (Fsp3) is 0.189. The van der Waals surface area contributed by atoms with Gasteiger partial charge in [-0.2, -0.15) is 0 Å². The number of allylic oxidation sites excluding steroid dienone is 10. The van der Waals surface area contributed by atoms with Crippen molar-refractivity contribution in [3.8, 4) is 0 Å². The standard InChI is InChI=1S/C37H33N/c1-24-17-22-35(38-23-24)26-18-20-27(21-19-26)36-31-10-3-5-12-33(31)37(34-13-6-4-11-32(34)36)30-16-8-14-28-25(2)9-7-15-29(28)30/h3-18,20,22,31,33,38H,19,21,23H2,1-2H3. The molecule has 4 aliphatic rings. The van der Waals surface area contributed by atoms with Crippen molar-refractivity contribution in [3.63, 3.8) is 0 Å². The minimum Gasteiger partial charge on any atom is -0.381 e. The van der Waals surface area contributed by atoms with Gasteiger partial charge in [-0.05, 0) is 87.4 Å². The number of benzene rings is 3. The first-order valence-electron chi connectivity index (χ1n) is 13.9. The van der Waals surface area contributed by atoms with Gasteiger partial charge in [-0.15, -0.1) is 0 Å². The highest BCUT2D eigenvalue weighted by molar-refractivity contribution is 5.97. The Balaban J connectivity index is 1.47. The van der Waals surface area contributed by atoms with E-state index in [1.807, 2.05) is 0 Å². The van der Waals surface area contributed by atoms with E-state index in [9.17, 15) is 0 Å². The van der Waals surface area contributed by atoms with Crippen LogP contribution in [0.3, 0.4) is 0 Å². The molecule has 186 valence electrons. The second kappa shape index (κ2) is 9.33. The van der Waals surface area contributed by atoms with E-state index in [2.05, 4.69) is 128 Å². The Kier molecular flexibility index (Phi) is 5.66. The molecule has 0 aromatic heterocycles. The van der Waals surface area contributed by atoms with Crippen molar-refractivity contribution in [1.82, 2.24) is 5.32 Å². The smallest absolute Gasteiger partial charge is 0.0375 e. The maximum absolute atomic E-state index is 3.60. The lowest BCUT2D eigenvalue weighted by molar-refractivity contribution is 0.678. The molecule has 1 nitrogen and oxygen atoms in total. The third-order valence-electron chi connectivity index (χ3n) is 8.67. The average Bonchev–Trinajstić information content (AvgIpc) is 2.96. The van der Waals surface area contributed by atoms with E-state index in [4.69, 9.17) is 0 Å². The highest BCUT2D eigenvalue weighted by Gasteiger charge is 2.33. The fourth-order valence-corrected chi connectivity index (χ4v) is 6.77. The van der Waals surface area contributed by atoms with E-state index < -0.39 is 0 Å². The van der Waals surface area contributed by atoms with E-state index in [0.717, 1.165) is 19.4 Å². The summed E-state index contributed by atoms with van der Waals surface area (Å²) in [5, 5.41) is 9.07. The van der Waals surface area contributed by atoms with Crippen molar-refractivity contribution >= 4 is 21.9 Å². The van der Waals surface area contributed by atoms with Crippen molar-refractivity contribution in [2.24, 2.45) is 11.8 Å². The zero-order valence-electron chi connectivity index (χ0n) is 22.2. The van der Waals surface area contributed by atoms with Crippen LogP contribution in [0.1, 0.15) is 30.9 Å². The first kappa shape index (κ1) is 23.0. The summed E-state index contributed by atoms with van der Waals surface area (Å²) in [4.78, 5) is 0. The molecule has 0 saturated heterocycles. The molecule has 0 radical (unpaired) electrons. The van der Waals surface area contributed by atoms with E-state index in [1.165, 1.54) is 65.9 Å². The summed E-state index contributed by atoms with van der Waals surface area (Å²) >= 11 is 0. The predicted molar refractivity (Wildman–Crippen MR) is 161 cm³/mol. The molecule has 3 aromatic rings. The van der Waals surface area contributed by atoms with Gasteiger partial charge in [-0.25, -0.2) is 0 Å². The van der Waals surface area contributed by atoms with Crippen molar-refractivity contribution in [2.45, 2.75) is 26.7 Å². The number of hydrogen-bond donors (Lipinski definition) is 1. The minimum atomic E-state index is 0.318. The fourth-order valence-electron chi connectivity index (χ4n) is 6.77. The summed E-state index contributed by atoms with van der Waals surface area (Å²) in [6, 6.07) is 22.7. The van der Waals surface area contributed by atoms with Crippen LogP contribution in [0.25, 0.3) is 21.9 Å². The molecule has 0 bridgehead atoms. The van der Waals surface area contributed by atoms with E-state index in [1.54, 1.807) is 0 Å². The zero-order chi connectivity index (χ0) is 25.6. The summed E-state index contributed by atoms with van der Waals surface area (Å²) in [6.07, 6.45) is 20.7. The van der Waals surface area contributed by atoms with Crippen molar-refractivity contribution in [3.05, 3.63) is 153 Å². The number of rotatable bonds is 3. The quantitative estimate of drug-likeness (QED) is 0.418. The highest BCUT2D eigenvalue weighted by atomic mass is 14.9. The minimum absolute atomic E-state index is 0.318. The Labute approximate surface area is 225 Å². The monoisotopic (exact) mass is 491 g/mol.